The first kappa shape index (κ1) is 10.9. The second-order valence-corrected chi connectivity index (χ2v) is 4.01. The van der Waals surface area contributed by atoms with Crippen LogP contribution in [0.15, 0.2) is 36.5 Å². The molecule has 1 unspecified atom stereocenters. The third-order valence-corrected chi connectivity index (χ3v) is 2.79. The van der Waals surface area contributed by atoms with E-state index in [-0.39, 0.29) is 6.04 Å². The van der Waals surface area contributed by atoms with Gasteiger partial charge in [0.2, 0.25) is 0 Å². The number of aromatic amines is 1. The van der Waals surface area contributed by atoms with Crippen LogP contribution in [0.1, 0.15) is 18.9 Å². The lowest BCUT2D eigenvalue weighted by molar-refractivity contribution is 0.647. The molecule has 3 N–H and O–H groups in total. The first-order valence-electron chi connectivity index (χ1n) is 5.64. The number of aromatic nitrogens is 2. The molecule has 84 valence electrons. The van der Waals surface area contributed by atoms with Gasteiger partial charge in [0.15, 0.2) is 0 Å². The van der Waals surface area contributed by atoms with Gasteiger partial charge in [-0.2, -0.15) is 5.10 Å². The van der Waals surface area contributed by atoms with E-state index in [1.54, 1.807) is 0 Å². The fourth-order valence-electron chi connectivity index (χ4n) is 1.75. The van der Waals surface area contributed by atoms with Crippen molar-refractivity contribution in [2.45, 2.75) is 25.8 Å². The highest BCUT2D eigenvalue weighted by atomic mass is 15.1. The summed E-state index contributed by atoms with van der Waals surface area (Å²) in [6.07, 6.45) is 3.73. The minimum atomic E-state index is 0.208. The zero-order chi connectivity index (χ0) is 11.4. The molecule has 1 aromatic carbocycles. The molecule has 1 atom stereocenters. The van der Waals surface area contributed by atoms with Gasteiger partial charge < -0.3 is 5.73 Å². The molecule has 0 saturated carbocycles. The molecule has 0 aliphatic rings. The number of hydrogen-bond donors (Lipinski definition) is 2. The minimum absolute atomic E-state index is 0.208. The number of H-pyrrole nitrogens is 1. The highest BCUT2D eigenvalue weighted by molar-refractivity contribution is 5.62. The van der Waals surface area contributed by atoms with Gasteiger partial charge >= 0.3 is 0 Å². The Balaban J connectivity index is 2.26. The zero-order valence-corrected chi connectivity index (χ0v) is 9.48. The van der Waals surface area contributed by atoms with E-state index in [0.717, 1.165) is 18.5 Å². The summed E-state index contributed by atoms with van der Waals surface area (Å²) in [5.41, 5.74) is 9.42. The Kier molecular flexibility index (Phi) is 3.37. The maximum Gasteiger partial charge on any atom is 0.0682 e. The standard InChI is InChI=1S/C13H17N3/c1-2-12(14)8-11-9-15-16-13(11)10-6-4-3-5-7-10/h3-7,9,12H,2,8,14H2,1H3,(H,15,16). The van der Waals surface area contributed by atoms with Crippen molar-refractivity contribution in [3.05, 3.63) is 42.1 Å². The average Bonchev–Trinajstić information content (AvgIpc) is 2.78. The first-order valence-corrected chi connectivity index (χ1v) is 5.64. The van der Waals surface area contributed by atoms with Crippen LogP contribution in [0.2, 0.25) is 0 Å². The zero-order valence-electron chi connectivity index (χ0n) is 9.48. The van der Waals surface area contributed by atoms with Crippen molar-refractivity contribution in [1.82, 2.24) is 10.2 Å². The van der Waals surface area contributed by atoms with Crippen LogP contribution in [0.3, 0.4) is 0 Å². The van der Waals surface area contributed by atoms with E-state index in [0.29, 0.717) is 0 Å². The summed E-state index contributed by atoms with van der Waals surface area (Å²) in [5, 5.41) is 7.15. The maximum absolute atomic E-state index is 5.97. The Hall–Kier alpha value is -1.61. The van der Waals surface area contributed by atoms with Gasteiger partial charge in [0.1, 0.15) is 0 Å². The summed E-state index contributed by atoms with van der Waals surface area (Å²) >= 11 is 0. The van der Waals surface area contributed by atoms with Crippen LogP contribution in [0.5, 0.6) is 0 Å². The molecular formula is C13H17N3. The smallest absolute Gasteiger partial charge is 0.0682 e. The van der Waals surface area contributed by atoms with E-state index >= 15 is 0 Å². The molecule has 0 bridgehead atoms. The number of nitrogens with one attached hydrogen (secondary N) is 1. The van der Waals surface area contributed by atoms with Crippen LogP contribution < -0.4 is 5.73 Å². The van der Waals surface area contributed by atoms with Gasteiger partial charge in [0.05, 0.1) is 11.9 Å². The quantitative estimate of drug-likeness (QED) is 0.822. The van der Waals surface area contributed by atoms with Gasteiger partial charge in [-0.1, -0.05) is 37.3 Å². The van der Waals surface area contributed by atoms with E-state index in [2.05, 4.69) is 29.3 Å². The Morgan fingerprint density at radius 3 is 2.75 bits per heavy atom. The van der Waals surface area contributed by atoms with E-state index in [1.165, 1.54) is 11.1 Å². The van der Waals surface area contributed by atoms with Crippen LogP contribution >= 0.6 is 0 Å². The minimum Gasteiger partial charge on any atom is -0.327 e. The topological polar surface area (TPSA) is 54.7 Å². The molecule has 1 aromatic heterocycles. The molecule has 0 spiro atoms. The van der Waals surface area contributed by atoms with Crippen LogP contribution in [0, 0.1) is 0 Å². The number of hydrogen-bond acceptors (Lipinski definition) is 2. The fourth-order valence-corrected chi connectivity index (χ4v) is 1.75. The second kappa shape index (κ2) is 4.94. The molecule has 3 nitrogen and oxygen atoms in total. The Morgan fingerprint density at radius 2 is 2.06 bits per heavy atom. The van der Waals surface area contributed by atoms with E-state index < -0.39 is 0 Å². The van der Waals surface area contributed by atoms with E-state index in [4.69, 9.17) is 5.73 Å². The third-order valence-electron chi connectivity index (χ3n) is 2.79. The summed E-state index contributed by atoms with van der Waals surface area (Å²) in [5.74, 6) is 0. The van der Waals surface area contributed by atoms with Crippen molar-refractivity contribution >= 4 is 0 Å². The van der Waals surface area contributed by atoms with Crippen molar-refractivity contribution in [1.29, 1.82) is 0 Å². The summed E-state index contributed by atoms with van der Waals surface area (Å²) in [4.78, 5) is 0. The molecule has 16 heavy (non-hydrogen) atoms. The molecule has 0 fully saturated rings. The summed E-state index contributed by atoms with van der Waals surface area (Å²) < 4.78 is 0. The lowest BCUT2D eigenvalue weighted by Crippen LogP contribution is -2.21. The van der Waals surface area contributed by atoms with Gasteiger partial charge in [-0.25, -0.2) is 0 Å². The summed E-state index contributed by atoms with van der Waals surface area (Å²) in [6, 6.07) is 10.4. The SMILES string of the molecule is CCC(N)Cc1cn[nH]c1-c1ccccc1. The number of nitrogens with two attached hydrogens (primary N) is 1. The van der Waals surface area contributed by atoms with Crippen molar-refractivity contribution < 1.29 is 0 Å². The fraction of sp³-hybridized carbons (Fsp3) is 0.308. The Bertz CT molecular complexity index is 433. The van der Waals surface area contributed by atoms with Crippen molar-refractivity contribution in [3.8, 4) is 11.3 Å². The molecule has 3 heteroatoms. The molecule has 1 heterocycles. The average molecular weight is 215 g/mol. The van der Waals surface area contributed by atoms with Crippen LogP contribution in [0.25, 0.3) is 11.3 Å². The lowest BCUT2D eigenvalue weighted by atomic mass is 10.0. The van der Waals surface area contributed by atoms with Gasteiger partial charge in [0, 0.05) is 6.04 Å². The maximum atomic E-state index is 5.97. The van der Waals surface area contributed by atoms with Crippen LogP contribution in [-0.2, 0) is 6.42 Å². The van der Waals surface area contributed by atoms with Crippen LogP contribution in [-0.4, -0.2) is 16.2 Å². The molecule has 2 aromatic rings. The third kappa shape index (κ3) is 2.31. The monoisotopic (exact) mass is 215 g/mol. The highest BCUT2D eigenvalue weighted by Crippen LogP contribution is 2.21. The molecule has 2 rings (SSSR count). The first-order chi connectivity index (χ1) is 7.81. The summed E-state index contributed by atoms with van der Waals surface area (Å²) in [6.45, 7) is 2.10. The number of rotatable bonds is 4. The van der Waals surface area contributed by atoms with Crippen molar-refractivity contribution in [3.63, 3.8) is 0 Å². The van der Waals surface area contributed by atoms with Gasteiger partial charge in [-0.05, 0) is 24.0 Å². The van der Waals surface area contributed by atoms with E-state index in [1.807, 2.05) is 24.4 Å². The number of benzene rings is 1. The van der Waals surface area contributed by atoms with Gasteiger partial charge in [-0.3, -0.25) is 5.10 Å². The van der Waals surface area contributed by atoms with Crippen molar-refractivity contribution in [2.75, 3.05) is 0 Å². The Labute approximate surface area is 95.7 Å². The van der Waals surface area contributed by atoms with Gasteiger partial charge in [-0.15, -0.1) is 0 Å². The predicted molar refractivity (Wildman–Crippen MR) is 66.0 cm³/mol. The van der Waals surface area contributed by atoms with E-state index in [9.17, 15) is 0 Å². The highest BCUT2D eigenvalue weighted by Gasteiger charge is 2.09. The molecule has 0 saturated heterocycles. The molecule has 0 amide bonds. The second-order valence-electron chi connectivity index (χ2n) is 4.01. The molecule has 0 radical (unpaired) electrons. The summed E-state index contributed by atoms with van der Waals surface area (Å²) in [7, 11) is 0. The van der Waals surface area contributed by atoms with Crippen LogP contribution in [0.4, 0.5) is 0 Å². The molecule has 0 aliphatic carbocycles. The normalized spacial score (nSPS) is 12.6. The van der Waals surface area contributed by atoms with Gasteiger partial charge in [0.25, 0.3) is 0 Å². The lowest BCUT2D eigenvalue weighted by Gasteiger charge is -2.08. The molecule has 0 aliphatic heterocycles. The Morgan fingerprint density at radius 1 is 1.31 bits per heavy atom. The predicted octanol–water partition coefficient (Wildman–Crippen LogP) is 2.36. The largest absolute Gasteiger partial charge is 0.327 e. The number of nitrogens with zero attached hydrogens (tertiary/aromatic N) is 1. The van der Waals surface area contributed by atoms with Crippen molar-refractivity contribution in [2.24, 2.45) is 5.73 Å². The molecular weight excluding hydrogens is 198 g/mol.